The fourth-order valence-electron chi connectivity index (χ4n) is 1.80. The van der Waals surface area contributed by atoms with Gasteiger partial charge in [0.15, 0.2) is 0 Å². The maximum Gasteiger partial charge on any atom is 0.410 e. The number of rotatable bonds is 5. The lowest BCUT2D eigenvalue weighted by atomic mass is 10.1. The quantitative estimate of drug-likeness (QED) is 0.377. The maximum absolute atomic E-state index is 12.1. The van der Waals surface area contributed by atoms with E-state index in [0.29, 0.717) is 5.56 Å². The summed E-state index contributed by atoms with van der Waals surface area (Å²) in [5, 5.41) is 10.9. The second-order valence-corrected chi connectivity index (χ2v) is 5.84. The van der Waals surface area contributed by atoms with Gasteiger partial charge in [0.05, 0.1) is 4.92 Å². The summed E-state index contributed by atoms with van der Waals surface area (Å²) in [6, 6.07) is 4.25. The largest absolute Gasteiger partial charge is 0.444 e. The molecule has 0 saturated heterocycles. The first-order chi connectivity index (χ1) is 11.1. The van der Waals surface area contributed by atoms with Crippen molar-refractivity contribution >= 4 is 17.5 Å². The molecule has 0 aromatic heterocycles. The third-order valence-corrected chi connectivity index (χ3v) is 2.59. The molecule has 0 bridgehead atoms. The lowest BCUT2D eigenvalue weighted by Gasteiger charge is -2.26. The molecule has 7 heteroatoms. The molecule has 0 heterocycles. The van der Waals surface area contributed by atoms with E-state index in [0.717, 1.165) is 0 Å². The minimum absolute atomic E-state index is 0.113. The summed E-state index contributed by atoms with van der Waals surface area (Å²) in [7, 11) is 0. The Morgan fingerprint density at radius 1 is 1.38 bits per heavy atom. The third-order valence-electron chi connectivity index (χ3n) is 2.59. The monoisotopic (exact) mass is 337 g/mol. The van der Waals surface area contributed by atoms with E-state index in [1.807, 2.05) is 13.8 Å². The summed E-state index contributed by atoms with van der Waals surface area (Å²) in [4.78, 5) is 23.9. The Morgan fingerprint density at radius 3 is 2.42 bits per heavy atom. The summed E-state index contributed by atoms with van der Waals surface area (Å²) in [6.45, 7) is 13.3. The zero-order valence-corrected chi connectivity index (χ0v) is 15.0. The van der Waals surface area contributed by atoms with Gasteiger partial charge in [0.1, 0.15) is 5.60 Å². The lowest BCUT2D eigenvalue weighted by molar-refractivity contribution is -0.384. The van der Waals surface area contributed by atoms with Crippen LogP contribution in [-0.2, 0) is 11.3 Å². The summed E-state index contributed by atoms with van der Waals surface area (Å²) in [6.07, 6.45) is 1.04. The van der Waals surface area contributed by atoms with E-state index in [4.69, 9.17) is 10.5 Å². The summed E-state index contributed by atoms with van der Waals surface area (Å²) in [5.41, 5.74) is 5.75. The standard InChI is InChI=1S/C15H21N3O4.C2H6/c1-5-6-17(14(19)22-15(2,3)4)10-11-7-12(16)9-13(8-11)18(20)21;1-2/h5,7-9H,1,6,10,16H2,2-4H3;1-2H3. The molecule has 0 fully saturated rings. The molecule has 134 valence electrons. The van der Waals surface area contributed by atoms with E-state index < -0.39 is 16.6 Å². The topological polar surface area (TPSA) is 98.7 Å². The Morgan fingerprint density at radius 2 is 1.96 bits per heavy atom. The van der Waals surface area contributed by atoms with Gasteiger partial charge >= 0.3 is 6.09 Å². The number of nitrogen functional groups attached to an aromatic ring is 1. The maximum atomic E-state index is 12.1. The minimum atomic E-state index is -0.627. The van der Waals surface area contributed by atoms with Crippen molar-refractivity contribution < 1.29 is 14.5 Å². The lowest BCUT2D eigenvalue weighted by Crippen LogP contribution is -2.36. The highest BCUT2D eigenvalue weighted by Crippen LogP contribution is 2.21. The average molecular weight is 337 g/mol. The number of nitro groups is 1. The molecule has 2 N–H and O–H groups in total. The van der Waals surface area contributed by atoms with Crippen LogP contribution in [0.2, 0.25) is 0 Å². The van der Waals surface area contributed by atoms with Gasteiger partial charge in [0.2, 0.25) is 0 Å². The normalized spacial score (nSPS) is 10.2. The zero-order chi connectivity index (χ0) is 18.9. The van der Waals surface area contributed by atoms with Gasteiger partial charge < -0.3 is 15.4 Å². The van der Waals surface area contributed by atoms with Gasteiger partial charge in [0.25, 0.3) is 5.69 Å². The summed E-state index contributed by atoms with van der Waals surface area (Å²) < 4.78 is 5.31. The van der Waals surface area contributed by atoms with Crippen LogP contribution in [0.15, 0.2) is 30.9 Å². The van der Waals surface area contributed by atoms with Gasteiger partial charge in [-0.05, 0) is 32.4 Å². The van der Waals surface area contributed by atoms with E-state index in [1.54, 1.807) is 32.9 Å². The van der Waals surface area contributed by atoms with Crippen LogP contribution in [0, 0.1) is 10.1 Å². The molecule has 0 spiro atoms. The molecular weight excluding hydrogens is 310 g/mol. The number of amides is 1. The predicted octanol–water partition coefficient (Wildman–Crippen LogP) is 4.13. The Balaban J connectivity index is 0.00000254. The van der Waals surface area contributed by atoms with Gasteiger partial charge in [-0.1, -0.05) is 19.9 Å². The van der Waals surface area contributed by atoms with Gasteiger partial charge in [-0.2, -0.15) is 0 Å². The van der Waals surface area contributed by atoms with Crippen molar-refractivity contribution in [3.8, 4) is 0 Å². The highest BCUT2D eigenvalue weighted by molar-refractivity contribution is 5.68. The zero-order valence-electron chi connectivity index (χ0n) is 15.0. The molecule has 24 heavy (non-hydrogen) atoms. The fraction of sp³-hybridized carbons (Fsp3) is 0.471. The van der Waals surface area contributed by atoms with Crippen LogP contribution in [0.25, 0.3) is 0 Å². The Hall–Kier alpha value is -2.57. The first-order valence-electron chi connectivity index (χ1n) is 7.75. The summed E-state index contributed by atoms with van der Waals surface area (Å²) >= 11 is 0. The molecule has 7 nitrogen and oxygen atoms in total. The molecule has 0 aliphatic rings. The molecule has 0 atom stereocenters. The number of hydrogen-bond acceptors (Lipinski definition) is 5. The van der Waals surface area contributed by atoms with E-state index in [9.17, 15) is 14.9 Å². The van der Waals surface area contributed by atoms with Crippen molar-refractivity contribution in [3.05, 3.63) is 46.5 Å². The predicted molar refractivity (Wildman–Crippen MR) is 95.7 cm³/mol. The number of benzene rings is 1. The fourth-order valence-corrected chi connectivity index (χ4v) is 1.80. The van der Waals surface area contributed by atoms with Crippen LogP contribution in [0.5, 0.6) is 0 Å². The molecule has 0 saturated carbocycles. The second kappa shape index (κ2) is 9.54. The van der Waals surface area contributed by atoms with Gasteiger partial charge in [-0.15, -0.1) is 6.58 Å². The van der Waals surface area contributed by atoms with Crippen LogP contribution in [0.3, 0.4) is 0 Å². The first kappa shape index (κ1) is 21.4. The summed E-state index contributed by atoms with van der Waals surface area (Å²) in [5.74, 6) is 0. The number of carbonyl (C=O) groups excluding carboxylic acids is 1. The van der Waals surface area contributed by atoms with Crippen LogP contribution >= 0.6 is 0 Å². The number of nitro benzene ring substituents is 1. The van der Waals surface area contributed by atoms with E-state index in [2.05, 4.69) is 6.58 Å². The number of nitrogens with two attached hydrogens (primary N) is 1. The molecule has 1 aromatic rings. The van der Waals surface area contributed by atoms with E-state index >= 15 is 0 Å². The molecule has 0 aliphatic carbocycles. The SMILES string of the molecule is C=CCN(Cc1cc(N)cc([N+](=O)[O-])c1)C(=O)OC(C)(C)C.CC. The highest BCUT2D eigenvalue weighted by atomic mass is 16.6. The number of nitrogens with zero attached hydrogens (tertiary/aromatic N) is 2. The molecule has 0 aliphatic heterocycles. The molecule has 1 amide bonds. The van der Waals surface area contributed by atoms with Crippen molar-refractivity contribution in [3.63, 3.8) is 0 Å². The Kier molecular flexibility index (Phi) is 8.52. The van der Waals surface area contributed by atoms with Crippen molar-refractivity contribution in [2.75, 3.05) is 12.3 Å². The van der Waals surface area contributed by atoms with Gasteiger partial charge in [0, 0.05) is 30.9 Å². The second-order valence-electron chi connectivity index (χ2n) is 5.84. The van der Waals surface area contributed by atoms with Crippen molar-refractivity contribution in [1.82, 2.24) is 4.90 Å². The van der Waals surface area contributed by atoms with Gasteiger partial charge in [-0.3, -0.25) is 10.1 Å². The van der Waals surface area contributed by atoms with Crippen molar-refractivity contribution in [2.45, 2.75) is 46.8 Å². The molecule has 1 rings (SSSR count). The minimum Gasteiger partial charge on any atom is -0.444 e. The van der Waals surface area contributed by atoms with Crippen LogP contribution < -0.4 is 5.73 Å². The Bertz CT molecular complexity index is 580. The average Bonchev–Trinajstić information content (AvgIpc) is 2.46. The van der Waals surface area contributed by atoms with E-state index in [-0.39, 0.29) is 24.5 Å². The number of ether oxygens (including phenoxy) is 1. The van der Waals surface area contributed by atoms with Gasteiger partial charge in [-0.25, -0.2) is 4.79 Å². The smallest absolute Gasteiger partial charge is 0.410 e. The Labute approximate surface area is 143 Å². The molecule has 0 radical (unpaired) electrons. The van der Waals surface area contributed by atoms with E-state index in [1.165, 1.54) is 17.0 Å². The third kappa shape index (κ3) is 7.62. The van der Waals surface area contributed by atoms with Crippen molar-refractivity contribution in [2.24, 2.45) is 0 Å². The molecule has 1 aromatic carbocycles. The van der Waals surface area contributed by atoms with Crippen LogP contribution in [0.4, 0.5) is 16.2 Å². The van der Waals surface area contributed by atoms with Crippen LogP contribution in [-0.4, -0.2) is 28.1 Å². The molecule has 0 unspecified atom stereocenters. The number of non-ortho nitro benzene ring substituents is 1. The number of carbonyl (C=O) groups is 1. The van der Waals surface area contributed by atoms with Crippen LogP contribution in [0.1, 0.15) is 40.2 Å². The number of hydrogen-bond donors (Lipinski definition) is 1. The molecular formula is C17H27N3O4. The first-order valence-corrected chi connectivity index (χ1v) is 7.75. The highest BCUT2D eigenvalue weighted by Gasteiger charge is 2.22. The number of anilines is 1. The van der Waals surface area contributed by atoms with Crippen molar-refractivity contribution in [1.29, 1.82) is 0 Å².